The molecule has 0 nitrogen and oxygen atoms in total. The van der Waals surface area contributed by atoms with E-state index in [0.717, 1.165) is 6.42 Å². The summed E-state index contributed by atoms with van der Waals surface area (Å²) in [5.41, 5.74) is 5.46. The van der Waals surface area contributed by atoms with Crippen LogP contribution >= 0.6 is 0 Å². The van der Waals surface area contributed by atoms with Crippen molar-refractivity contribution in [1.82, 2.24) is 0 Å². The van der Waals surface area contributed by atoms with Crippen LogP contribution in [0.4, 0.5) is 0 Å². The molecule has 2 aliphatic rings. The summed E-state index contributed by atoms with van der Waals surface area (Å²) in [6.45, 7) is 0. The van der Waals surface area contributed by atoms with E-state index in [1.165, 1.54) is 43.8 Å². The summed E-state index contributed by atoms with van der Waals surface area (Å²) < 4.78 is 0. The molecule has 0 bridgehead atoms. The van der Waals surface area contributed by atoms with Crippen LogP contribution in [0.15, 0.2) is 121 Å². The van der Waals surface area contributed by atoms with E-state index in [9.17, 15) is 0 Å². The zero-order valence-corrected chi connectivity index (χ0v) is 25.6. The Labute approximate surface area is 248 Å². The first-order valence-corrected chi connectivity index (χ1v) is 17.9. The fourth-order valence-electron chi connectivity index (χ4n) is 4.34. The molecule has 1 saturated heterocycles. The molecule has 7 rings (SSSR count). The molecule has 37 heavy (non-hydrogen) atoms. The van der Waals surface area contributed by atoms with Gasteiger partial charge < -0.3 is 24.8 Å². The fraction of sp³-hybridized carbons (Fsp3) is 0.121. The van der Waals surface area contributed by atoms with Gasteiger partial charge in [0.1, 0.15) is 0 Å². The molecule has 0 spiro atoms. The molecule has 1 aliphatic carbocycles. The zero-order chi connectivity index (χ0) is 23.9. The van der Waals surface area contributed by atoms with Gasteiger partial charge in [0.15, 0.2) is 0 Å². The Balaban J connectivity index is 0.000000266. The van der Waals surface area contributed by atoms with Crippen molar-refractivity contribution in [2.24, 2.45) is 0 Å². The quantitative estimate of drug-likeness (QED) is 0.212. The first-order valence-electron chi connectivity index (χ1n) is 12.3. The van der Waals surface area contributed by atoms with Crippen LogP contribution in [0.1, 0.15) is 12.8 Å². The predicted molar refractivity (Wildman–Crippen MR) is 149 cm³/mol. The van der Waals surface area contributed by atoms with Gasteiger partial charge in [0, 0.05) is 0 Å². The van der Waals surface area contributed by atoms with Gasteiger partial charge in [-0.25, -0.2) is 12.2 Å². The van der Waals surface area contributed by atoms with Crippen LogP contribution in [0.2, 0.25) is 12.1 Å². The van der Waals surface area contributed by atoms with Gasteiger partial charge in [0.05, 0.1) is 0 Å². The van der Waals surface area contributed by atoms with Crippen molar-refractivity contribution in [3.05, 3.63) is 127 Å². The van der Waals surface area contributed by atoms with Gasteiger partial charge in [-0.1, -0.05) is 96.1 Å². The van der Waals surface area contributed by atoms with E-state index in [1.807, 2.05) is 35.5 Å². The minimum atomic E-state index is 0. The SMILES string of the molecule is [C-]1=CC=CC1.[Cl-].[Cl-].[Zr+2]=[Si]1CCC1.c1ccc(-c2ccc3c(c2)[cH-]c2cc(-c4ccccc4)ccc23)cc1. The Hall–Kier alpha value is -2.09. The van der Waals surface area contributed by atoms with Crippen molar-refractivity contribution < 1.29 is 48.1 Å². The third-order valence-corrected chi connectivity index (χ3v) is 12.1. The summed E-state index contributed by atoms with van der Waals surface area (Å²) in [7, 11) is 0. The van der Waals surface area contributed by atoms with Crippen LogP contribution < -0.4 is 24.8 Å². The maximum atomic E-state index is 2.99. The molecule has 0 saturated carbocycles. The molecule has 5 aromatic carbocycles. The van der Waals surface area contributed by atoms with Crippen LogP contribution in [0.5, 0.6) is 0 Å². The van der Waals surface area contributed by atoms with Crippen LogP contribution in [0, 0.1) is 6.08 Å². The monoisotopic (exact) mass is 612 g/mol. The molecule has 0 atom stereocenters. The average Bonchev–Trinajstić information content (AvgIpc) is 3.60. The maximum absolute atomic E-state index is 2.99. The number of hydrogen-bond donors (Lipinski definition) is 0. The predicted octanol–water partition coefficient (Wildman–Crippen LogP) is 3.29. The van der Waals surface area contributed by atoms with Gasteiger partial charge >= 0.3 is 47.3 Å². The number of rotatable bonds is 2. The molecule has 184 valence electrons. The molecule has 0 radical (unpaired) electrons. The van der Waals surface area contributed by atoms with Crippen LogP contribution in [-0.2, 0) is 23.3 Å². The molecule has 1 heterocycles. The van der Waals surface area contributed by atoms with E-state index in [2.05, 4.69) is 115 Å². The van der Waals surface area contributed by atoms with Gasteiger partial charge in [-0.15, -0.1) is 46.2 Å². The summed E-state index contributed by atoms with van der Waals surface area (Å²) in [5.74, 6) is 0. The van der Waals surface area contributed by atoms with Gasteiger partial charge in [0.2, 0.25) is 0 Å². The number of hydrogen-bond acceptors (Lipinski definition) is 0. The van der Waals surface area contributed by atoms with E-state index in [-0.39, 0.29) is 24.8 Å². The van der Waals surface area contributed by atoms with E-state index in [4.69, 9.17) is 0 Å². The zero-order valence-electron chi connectivity index (χ0n) is 20.6. The second-order valence-corrected chi connectivity index (χ2v) is 16.4. The Bertz CT molecular complexity index is 1390. The molecule has 0 amide bonds. The fourth-order valence-corrected chi connectivity index (χ4v) is 7.65. The first-order chi connectivity index (χ1) is 17.3. The normalized spacial score (nSPS) is 13.0. The third-order valence-electron chi connectivity index (χ3n) is 6.46. The minimum absolute atomic E-state index is 0. The van der Waals surface area contributed by atoms with Crippen LogP contribution in [0.3, 0.4) is 0 Å². The maximum Gasteiger partial charge on any atom is -0.0259 e. The van der Waals surface area contributed by atoms with Crippen LogP contribution in [0.25, 0.3) is 43.8 Å². The van der Waals surface area contributed by atoms with Gasteiger partial charge in [-0.3, -0.25) is 6.08 Å². The Morgan fingerprint density at radius 3 is 1.46 bits per heavy atom. The van der Waals surface area contributed by atoms with Crippen molar-refractivity contribution in [3.8, 4) is 22.3 Å². The largest absolute Gasteiger partial charge is 0.126 e. The minimum Gasteiger partial charge on any atom is -0.126 e. The average molecular weight is 615 g/mol. The van der Waals surface area contributed by atoms with Gasteiger partial charge in [-0.05, 0) is 11.1 Å². The summed E-state index contributed by atoms with van der Waals surface area (Å²) in [5, 5.41) is 5.27. The summed E-state index contributed by atoms with van der Waals surface area (Å²) in [6, 6.07) is 40.3. The third kappa shape index (κ3) is 7.71. The van der Waals surface area contributed by atoms with Crippen molar-refractivity contribution in [2.45, 2.75) is 24.9 Å². The summed E-state index contributed by atoms with van der Waals surface area (Å²) in [6.07, 6.45) is 11.6. The molecule has 1 aliphatic heterocycles. The summed E-state index contributed by atoms with van der Waals surface area (Å²) in [4.78, 5) is 0. The molecule has 5 aromatic rings. The van der Waals surface area contributed by atoms with E-state index in [1.54, 1.807) is 18.5 Å². The van der Waals surface area contributed by atoms with Gasteiger partial charge in [0.25, 0.3) is 0 Å². The van der Waals surface area contributed by atoms with Crippen molar-refractivity contribution >= 4 is 27.0 Å². The molecule has 0 aromatic heterocycles. The van der Waals surface area contributed by atoms with Crippen molar-refractivity contribution in [2.75, 3.05) is 0 Å². The van der Waals surface area contributed by atoms with E-state index in [0.29, 0.717) is 5.43 Å². The number of benzene rings is 4. The van der Waals surface area contributed by atoms with Gasteiger partial charge in [-0.2, -0.15) is 6.08 Å². The summed E-state index contributed by atoms with van der Waals surface area (Å²) >= 11 is 1.86. The Morgan fingerprint density at radius 2 is 1.14 bits per heavy atom. The molecule has 4 heteroatoms. The van der Waals surface area contributed by atoms with E-state index >= 15 is 0 Å². The number of halogens is 2. The van der Waals surface area contributed by atoms with Crippen molar-refractivity contribution in [1.29, 1.82) is 0 Å². The standard InChI is InChI=1S/C25H17.C5H5.C3H6Si.2ClH.Zr/c1-3-7-18(8-4-1)20-11-13-24-22(15-20)17-23-16-21(12-14-25(23)24)19-9-5-2-6-10-19;1-2-4-5-3-1;1-2-4-3-1;;;/h1-17H;1-3H,4H2;1-3H2;2*1H;/q2*-1;;;;+2/p-2. The second-order valence-electron chi connectivity index (χ2n) is 8.94. The number of fused-ring (bicyclic) bond motifs is 3. The topological polar surface area (TPSA) is 0 Å². The van der Waals surface area contributed by atoms with Crippen LogP contribution in [-0.4, -0.2) is 5.43 Å². The Morgan fingerprint density at radius 1 is 0.649 bits per heavy atom. The van der Waals surface area contributed by atoms with E-state index < -0.39 is 0 Å². The molecule has 0 unspecified atom stereocenters. The molecule has 0 N–H and O–H groups in total. The second kappa shape index (κ2) is 14.7. The Kier molecular flexibility index (Phi) is 11.7. The first kappa shape index (κ1) is 29.5. The smallest absolute Gasteiger partial charge is 0.0259 e. The molecular formula is C33H28Cl2SiZr-2. The molecular weight excluding hydrogens is 587 g/mol. The number of allylic oxidation sites excluding steroid dienone is 4. The molecule has 1 fully saturated rings. The van der Waals surface area contributed by atoms with Crippen molar-refractivity contribution in [3.63, 3.8) is 0 Å².